The highest BCUT2D eigenvalue weighted by atomic mass is 16.5. The fraction of sp³-hybridized carbons (Fsp3) is 0.500. The van der Waals surface area contributed by atoms with Gasteiger partial charge in [0.25, 0.3) is 0 Å². The molecule has 0 saturated heterocycles. The monoisotopic (exact) mass is 237 g/mol. The summed E-state index contributed by atoms with van der Waals surface area (Å²) in [6.45, 7) is 0.723. The maximum atomic E-state index is 9.67. The smallest absolute Gasteiger partial charge is 0.182 e. The number of nitrogens with one attached hydrogen (secondary N) is 1. The van der Waals surface area contributed by atoms with Crippen LogP contribution < -0.4 is 4.90 Å². The van der Waals surface area contributed by atoms with Crippen LogP contribution in [-0.2, 0) is 4.74 Å². The summed E-state index contributed by atoms with van der Waals surface area (Å²) < 4.78 is 4.88. The first-order valence-electron chi connectivity index (χ1n) is 5.24. The van der Waals surface area contributed by atoms with Gasteiger partial charge in [-0.25, -0.2) is 15.0 Å². The van der Waals surface area contributed by atoms with Gasteiger partial charge in [0.05, 0.1) is 19.0 Å². The van der Waals surface area contributed by atoms with Crippen LogP contribution in [-0.4, -0.2) is 58.5 Å². The third-order valence-electron chi connectivity index (χ3n) is 2.41. The summed E-state index contributed by atoms with van der Waals surface area (Å²) in [5, 5.41) is 9.67. The average molecular weight is 237 g/mol. The first-order valence-corrected chi connectivity index (χ1v) is 5.24. The zero-order valence-electron chi connectivity index (χ0n) is 9.79. The van der Waals surface area contributed by atoms with Gasteiger partial charge in [0.2, 0.25) is 0 Å². The molecular weight excluding hydrogens is 222 g/mol. The third kappa shape index (κ3) is 2.51. The van der Waals surface area contributed by atoms with Crippen LogP contribution in [0.5, 0.6) is 0 Å². The Morgan fingerprint density at radius 2 is 2.29 bits per heavy atom. The summed E-state index contributed by atoms with van der Waals surface area (Å²) in [7, 11) is 3.41. The quantitative estimate of drug-likeness (QED) is 0.748. The summed E-state index contributed by atoms with van der Waals surface area (Å²) in [5.74, 6) is 0.711. The van der Waals surface area contributed by atoms with Crippen molar-refractivity contribution < 1.29 is 9.84 Å². The normalized spacial score (nSPS) is 12.9. The number of rotatable bonds is 5. The molecule has 2 aromatic heterocycles. The van der Waals surface area contributed by atoms with E-state index in [-0.39, 0.29) is 0 Å². The first kappa shape index (κ1) is 11.7. The van der Waals surface area contributed by atoms with E-state index in [1.807, 2.05) is 11.9 Å². The number of nitrogens with zero attached hydrogens (tertiary/aromatic N) is 4. The van der Waals surface area contributed by atoms with E-state index in [0.717, 1.165) is 5.52 Å². The minimum Gasteiger partial charge on any atom is -0.389 e. The number of imidazole rings is 1. The van der Waals surface area contributed by atoms with Gasteiger partial charge in [0.1, 0.15) is 11.8 Å². The second-order valence-corrected chi connectivity index (χ2v) is 3.79. The number of anilines is 1. The standard InChI is InChI=1S/C10H15N5O2/c1-15(3-7(16)4-17-2)10-8-9(12-5-11-8)13-6-14-10/h5-7,16H,3-4H2,1-2H3,(H,11,12,13,14). The SMILES string of the molecule is COCC(O)CN(C)c1ncnc2nc[nH]c12. The molecule has 1 unspecified atom stereocenters. The minimum atomic E-state index is -0.557. The van der Waals surface area contributed by atoms with Gasteiger partial charge in [-0.05, 0) is 0 Å². The van der Waals surface area contributed by atoms with Crippen molar-refractivity contribution in [3.05, 3.63) is 12.7 Å². The topological polar surface area (TPSA) is 87.2 Å². The van der Waals surface area contributed by atoms with E-state index in [1.54, 1.807) is 13.4 Å². The van der Waals surface area contributed by atoms with Crippen LogP contribution in [0.1, 0.15) is 0 Å². The molecule has 0 aliphatic rings. The lowest BCUT2D eigenvalue weighted by Crippen LogP contribution is -2.32. The van der Waals surface area contributed by atoms with Crippen LogP contribution in [0.4, 0.5) is 5.82 Å². The number of hydrogen-bond acceptors (Lipinski definition) is 6. The number of fused-ring (bicyclic) bond motifs is 1. The highest BCUT2D eigenvalue weighted by Crippen LogP contribution is 2.18. The molecule has 0 spiro atoms. The molecular formula is C10H15N5O2. The third-order valence-corrected chi connectivity index (χ3v) is 2.41. The lowest BCUT2D eigenvalue weighted by molar-refractivity contribution is 0.0694. The zero-order chi connectivity index (χ0) is 12.3. The average Bonchev–Trinajstić information content (AvgIpc) is 2.76. The molecule has 0 saturated carbocycles. The molecule has 0 aliphatic carbocycles. The van der Waals surface area contributed by atoms with Gasteiger partial charge in [0.15, 0.2) is 11.5 Å². The van der Waals surface area contributed by atoms with Crippen molar-refractivity contribution in [1.29, 1.82) is 0 Å². The van der Waals surface area contributed by atoms with Crippen molar-refractivity contribution in [2.24, 2.45) is 0 Å². The van der Waals surface area contributed by atoms with E-state index in [0.29, 0.717) is 24.6 Å². The van der Waals surface area contributed by atoms with Crippen molar-refractivity contribution in [3.63, 3.8) is 0 Å². The Hall–Kier alpha value is -1.73. The Labute approximate surface area is 98.5 Å². The van der Waals surface area contributed by atoms with Gasteiger partial charge in [-0.15, -0.1) is 0 Å². The molecule has 2 rings (SSSR count). The van der Waals surface area contributed by atoms with E-state index >= 15 is 0 Å². The van der Waals surface area contributed by atoms with Crippen LogP contribution in [0.15, 0.2) is 12.7 Å². The Morgan fingerprint density at radius 3 is 3.06 bits per heavy atom. The summed E-state index contributed by atoms with van der Waals surface area (Å²) in [5.41, 5.74) is 1.38. The van der Waals surface area contributed by atoms with Crippen LogP contribution in [0.2, 0.25) is 0 Å². The van der Waals surface area contributed by atoms with E-state index in [1.165, 1.54) is 6.33 Å². The van der Waals surface area contributed by atoms with Gasteiger partial charge in [0, 0.05) is 20.7 Å². The van der Waals surface area contributed by atoms with Gasteiger partial charge < -0.3 is 19.7 Å². The molecule has 7 heteroatoms. The number of hydrogen-bond donors (Lipinski definition) is 2. The Bertz CT molecular complexity index is 486. The highest BCUT2D eigenvalue weighted by molar-refractivity contribution is 5.82. The molecule has 92 valence electrons. The van der Waals surface area contributed by atoms with Crippen LogP contribution in [0, 0.1) is 0 Å². The lowest BCUT2D eigenvalue weighted by atomic mass is 10.3. The molecule has 0 fully saturated rings. The van der Waals surface area contributed by atoms with Gasteiger partial charge in [-0.2, -0.15) is 0 Å². The van der Waals surface area contributed by atoms with E-state index in [9.17, 15) is 5.11 Å². The van der Waals surface area contributed by atoms with Crippen molar-refractivity contribution in [1.82, 2.24) is 19.9 Å². The number of aromatic amines is 1. The molecule has 1 atom stereocenters. The molecule has 2 aromatic rings. The molecule has 7 nitrogen and oxygen atoms in total. The summed E-state index contributed by atoms with van der Waals surface area (Å²) >= 11 is 0. The first-order chi connectivity index (χ1) is 8.22. The Kier molecular flexibility index (Phi) is 3.50. The number of aromatic nitrogens is 4. The summed E-state index contributed by atoms with van der Waals surface area (Å²) in [6, 6.07) is 0. The highest BCUT2D eigenvalue weighted by Gasteiger charge is 2.13. The second-order valence-electron chi connectivity index (χ2n) is 3.79. The van der Waals surface area contributed by atoms with Crippen LogP contribution in [0.25, 0.3) is 11.2 Å². The zero-order valence-corrected chi connectivity index (χ0v) is 9.79. The van der Waals surface area contributed by atoms with E-state index in [4.69, 9.17) is 4.74 Å². The number of likely N-dealkylation sites (N-methyl/N-ethyl adjacent to an activating group) is 1. The molecule has 0 aliphatic heterocycles. The van der Waals surface area contributed by atoms with Gasteiger partial charge in [-0.3, -0.25) is 0 Å². The summed E-state index contributed by atoms with van der Waals surface area (Å²) in [6.07, 6.45) is 2.47. The number of aliphatic hydroxyl groups is 1. The van der Waals surface area contributed by atoms with Crippen LogP contribution >= 0.6 is 0 Å². The van der Waals surface area contributed by atoms with Crippen LogP contribution in [0.3, 0.4) is 0 Å². The fourth-order valence-electron chi connectivity index (χ4n) is 1.69. The molecule has 17 heavy (non-hydrogen) atoms. The van der Waals surface area contributed by atoms with Gasteiger partial charge in [-0.1, -0.05) is 0 Å². The lowest BCUT2D eigenvalue weighted by Gasteiger charge is -2.21. The van der Waals surface area contributed by atoms with Crippen molar-refractivity contribution in [3.8, 4) is 0 Å². The van der Waals surface area contributed by atoms with Crippen molar-refractivity contribution >= 4 is 17.0 Å². The van der Waals surface area contributed by atoms with Crippen molar-refractivity contribution in [2.75, 3.05) is 32.2 Å². The maximum Gasteiger partial charge on any atom is 0.182 e. The largest absolute Gasteiger partial charge is 0.389 e. The Balaban J connectivity index is 2.18. The fourth-order valence-corrected chi connectivity index (χ4v) is 1.69. The van der Waals surface area contributed by atoms with Crippen molar-refractivity contribution in [2.45, 2.75) is 6.10 Å². The minimum absolute atomic E-state index is 0.293. The summed E-state index contributed by atoms with van der Waals surface area (Å²) in [4.78, 5) is 17.1. The second kappa shape index (κ2) is 5.07. The molecule has 2 N–H and O–H groups in total. The number of aliphatic hydroxyl groups excluding tert-OH is 1. The Morgan fingerprint density at radius 1 is 1.47 bits per heavy atom. The predicted octanol–water partition coefficient (Wildman–Crippen LogP) is -0.204. The van der Waals surface area contributed by atoms with E-state index < -0.39 is 6.10 Å². The molecule has 0 bridgehead atoms. The molecule has 0 amide bonds. The number of methoxy groups -OCH3 is 1. The molecule has 2 heterocycles. The predicted molar refractivity (Wildman–Crippen MR) is 62.8 cm³/mol. The molecule has 0 aromatic carbocycles. The molecule has 0 radical (unpaired) electrons. The number of ether oxygens (including phenoxy) is 1. The van der Waals surface area contributed by atoms with Gasteiger partial charge >= 0.3 is 0 Å². The van der Waals surface area contributed by atoms with E-state index in [2.05, 4.69) is 19.9 Å². The maximum absolute atomic E-state index is 9.67. The number of H-pyrrole nitrogens is 1.